The van der Waals surface area contributed by atoms with E-state index in [9.17, 15) is 9.59 Å². The molecule has 2 amide bonds. The van der Waals surface area contributed by atoms with Crippen molar-refractivity contribution >= 4 is 11.8 Å². The molecule has 5 nitrogen and oxygen atoms in total. The van der Waals surface area contributed by atoms with E-state index in [0.29, 0.717) is 37.7 Å². The highest BCUT2D eigenvalue weighted by molar-refractivity contribution is 5.83. The molecule has 1 aliphatic rings. The number of aryl methyl sites for hydroxylation is 1. The third-order valence-corrected chi connectivity index (χ3v) is 4.15. The second kappa shape index (κ2) is 7.49. The number of ether oxygens (including phenoxy) is 1. The molecule has 1 aromatic carbocycles. The second-order valence-corrected chi connectivity index (χ2v) is 6.36. The Balaban J connectivity index is 2.00. The van der Waals surface area contributed by atoms with Crippen molar-refractivity contribution in [1.29, 1.82) is 0 Å². The molecule has 1 saturated heterocycles. The molecule has 0 unspecified atom stereocenters. The molecule has 126 valence electrons. The molecule has 0 aromatic heterocycles. The fourth-order valence-electron chi connectivity index (χ4n) is 2.87. The molecule has 23 heavy (non-hydrogen) atoms. The first kappa shape index (κ1) is 17.3. The van der Waals surface area contributed by atoms with E-state index in [1.54, 1.807) is 11.8 Å². The number of carbonyl (C=O) groups excluding carboxylic acids is 2. The van der Waals surface area contributed by atoms with Crippen LogP contribution < -0.4 is 10.1 Å². The average Bonchev–Trinajstić information content (AvgIpc) is 2.70. The number of amides is 2. The highest BCUT2D eigenvalue weighted by Crippen LogP contribution is 2.24. The number of nitrogens with zero attached hydrogens (tertiary/aromatic N) is 1. The first-order valence-electron chi connectivity index (χ1n) is 8.21. The highest BCUT2D eigenvalue weighted by Gasteiger charge is 2.24. The van der Waals surface area contributed by atoms with E-state index in [-0.39, 0.29) is 11.8 Å². The van der Waals surface area contributed by atoms with Crippen molar-refractivity contribution in [3.8, 4) is 5.75 Å². The minimum Gasteiger partial charge on any atom is -0.481 e. The summed E-state index contributed by atoms with van der Waals surface area (Å²) in [5, 5.41) is 2.77. The van der Waals surface area contributed by atoms with Gasteiger partial charge in [0.1, 0.15) is 5.75 Å². The standard InChI is InChI=1S/C18H26N2O3/c1-12(2)16-6-5-15(11-13(16)3)23-14(4)18(22)20-9-7-17(21)19-8-10-20/h5-6,11-12,14H,7-10H2,1-4H3,(H,19,21)/t14-/m1/s1. The molecular weight excluding hydrogens is 292 g/mol. The number of hydrogen-bond donors (Lipinski definition) is 1. The normalized spacial score (nSPS) is 16.7. The lowest BCUT2D eigenvalue weighted by atomic mass is 9.98. The van der Waals surface area contributed by atoms with Crippen LogP contribution in [0.5, 0.6) is 5.75 Å². The number of carbonyl (C=O) groups is 2. The lowest BCUT2D eigenvalue weighted by Crippen LogP contribution is -2.42. The number of rotatable bonds is 4. The van der Waals surface area contributed by atoms with Gasteiger partial charge in [0.25, 0.3) is 5.91 Å². The van der Waals surface area contributed by atoms with Crippen LogP contribution in [0.4, 0.5) is 0 Å². The van der Waals surface area contributed by atoms with Crippen molar-refractivity contribution in [1.82, 2.24) is 10.2 Å². The highest BCUT2D eigenvalue weighted by atomic mass is 16.5. The van der Waals surface area contributed by atoms with E-state index in [4.69, 9.17) is 4.74 Å². The first-order chi connectivity index (χ1) is 10.9. The molecule has 0 bridgehead atoms. The summed E-state index contributed by atoms with van der Waals surface area (Å²) in [4.78, 5) is 25.5. The summed E-state index contributed by atoms with van der Waals surface area (Å²) >= 11 is 0. The van der Waals surface area contributed by atoms with Crippen LogP contribution in [-0.4, -0.2) is 42.5 Å². The predicted octanol–water partition coefficient (Wildman–Crippen LogP) is 2.23. The van der Waals surface area contributed by atoms with Crippen molar-refractivity contribution < 1.29 is 14.3 Å². The second-order valence-electron chi connectivity index (χ2n) is 6.36. The Morgan fingerprint density at radius 2 is 2.00 bits per heavy atom. The van der Waals surface area contributed by atoms with Crippen LogP contribution in [0, 0.1) is 6.92 Å². The van der Waals surface area contributed by atoms with Crippen molar-refractivity contribution in [2.24, 2.45) is 0 Å². The summed E-state index contributed by atoms with van der Waals surface area (Å²) in [7, 11) is 0. The smallest absolute Gasteiger partial charge is 0.263 e. The van der Waals surface area contributed by atoms with Gasteiger partial charge >= 0.3 is 0 Å². The minimum absolute atomic E-state index is 0.00577. The van der Waals surface area contributed by atoms with Gasteiger partial charge in [-0.1, -0.05) is 19.9 Å². The summed E-state index contributed by atoms with van der Waals surface area (Å²) < 4.78 is 5.82. The molecular formula is C18H26N2O3. The largest absolute Gasteiger partial charge is 0.481 e. The zero-order valence-electron chi connectivity index (χ0n) is 14.4. The first-order valence-corrected chi connectivity index (χ1v) is 8.21. The van der Waals surface area contributed by atoms with E-state index < -0.39 is 6.10 Å². The number of benzene rings is 1. The Hall–Kier alpha value is -2.04. The quantitative estimate of drug-likeness (QED) is 0.926. The predicted molar refractivity (Wildman–Crippen MR) is 89.6 cm³/mol. The molecule has 2 rings (SSSR count). The van der Waals surface area contributed by atoms with Crippen LogP contribution >= 0.6 is 0 Å². The van der Waals surface area contributed by atoms with Crippen LogP contribution in [0.3, 0.4) is 0 Å². The van der Waals surface area contributed by atoms with E-state index in [1.165, 1.54) is 11.1 Å². The van der Waals surface area contributed by atoms with Gasteiger partial charge in [-0.3, -0.25) is 9.59 Å². The fraction of sp³-hybridized carbons (Fsp3) is 0.556. The van der Waals surface area contributed by atoms with E-state index in [1.807, 2.05) is 12.1 Å². The van der Waals surface area contributed by atoms with Gasteiger partial charge in [0.05, 0.1) is 0 Å². The average molecular weight is 318 g/mol. The third-order valence-electron chi connectivity index (χ3n) is 4.15. The molecule has 1 fully saturated rings. The van der Waals surface area contributed by atoms with Crippen LogP contribution in [-0.2, 0) is 9.59 Å². The molecule has 0 saturated carbocycles. The Morgan fingerprint density at radius 3 is 2.65 bits per heavy atom. The molecule has 1 aliphatic heterocycles. The lowest BCUT2D eigenvalue weighted by molar-refractivity contribution is -0.137. The molecule has 1 atom stereocenters. The fourth-order valence-corrected chi connectivity index (χ4v) is 2.87. The van der Waals surface area contributed by atoms with Gasteiger partial charge in [-0.15, -0.1) is 0 Å². The van der Waals surface area contributed by atoms with Gasteiger partial charge in [-0.25, -0.2) is 0 Å². The van der Waals surface area contributed by atoms with Crippen molar-refractivity contribution in [3.63, 3.8) is 0 Å². The van der Waals surface area contributed by atoms with E-state index in [0.717, 1.165) is 0 Å². The van der Waals surface area contributed by atoms with E-state index >= 15 is 0 Å². The third kappa shape index (κ3) is 4.47. The van der Waals surface area contributed by atoms with Gasteiger partial charge in [0.15, 0.2) is 6.10 Å². The van der Waals surface area contributed by atoms with Gasteiger partial charge in [-0.2, -0.15) is 0 Å². The maximum absolute atomic E-state index is 12.5. The maximum atomic E-state index is 12.5. The molecule has 1 N–H and O–H groups in total. The molecule has 0 aliphatic carbocycles. The van der Waals surface area contributed by atoms with Crippen molar-refractivity contribution in [2.75, 3.05) is 19.6 Å². The van der Waals surface area contributed by atoms with Crippen molar-refractivity contribution in [2.45, 2.75) is 46.1 Å². The lowest BCUT2D eigenvalue weighted by Gasteiger charge is -2.24. The van der Waals surface area contributed by atoms with Crippen LogP contribution in [0.2, 0.25) is 0 Å². The monoisotopic (exact) mass is 318 g/mol. The zero-order valence-corrected chi connectivity index (χ0v) is 14.4. The Morgan fingerprint density at radius 1 is 1.26 bits per heavy atom. The molecule has 5 heteroatoms. The molecule has 1 heterocycles. The van der Waals surface area contributed by atoms with Crippen LogP contribution in [0.1, 0.15) is 44.2 Å². The molecule has 0 spiro atoms. The zero-order chi connectivity index (χ0) is 17.0. The molecule has 1 aromatic rings. The van der Waals surface area contributed by atoms with Gasteiger partial charge in [-0.05, 0) is 43.0 Å². The topological polar surface area (TPSA) is 58.6 Å². The number of nitrogens with one attached hydrogen (secondary N) is 1. The SMILES string of the molecule is Cc1cc(O[C@H](C)C(=O)N2CCNC(=O)CC2)ccc1C(C)C. The van der Waals surface area contributed by atoms with Gasteiger partial charge in [0.2, 0.25) is 5.91 Å². The Kier molecular flexibility index (Phi) is 5.64. The maximum Gasteiger partial charge on any atom is 0.263 e. The summed E-state index contributed by atoms with van der Waals surface area (Å²) in [6, 6.07) is 5.95. The summed E-state index contributed by atoms with van der Waals surface area (Å²) in [5.74, 6) is 1.09. The number of hydrogen-bond acceptors (Lipinski definition) is 3. The summed E-state index contributed by atoms with van der Waals surface area (Å²) in [6.45, 7) is 9.61. The van der Waals surface area contributed by atoms with Crippen LogP contribution in [0.25, 0.3) is 0 Å². The summed E-state index contributed by atoms with van der Waals surface area (Å²) in [5.41, 5.74) is 2.45. The van der Waals surface area contributed by atoms with Gasteiger partial charge < -0.3 is 15.0 Å². The molecule has 0 radical (unpaired) electrons. The van der Waals surface area contributed by atoms with Crippen molar-refractivity contribution in [3.05, 3.63) is 29.3 Å². The van der Waals surface area contributed by atoms with Gasteiger partial charge in [0, 0.05) is 26.1 Å². The minimum atomic E-state index is -0.562. The summed E-state index contributed by atoms with van der Waals surface area (Å²) in [6.07, 6.45) is -0.215. The Labute approximate surface area is 138 Å². The Bertz CT molecular complexity index is 584. The van der Waals surface area contributed by atoms with E-state index in [2.05, 4.69) is 32.2 Å². The van der Waals surface area contributed by atoms with Crippen LogP contribution in [0.15, 0.2) is 18.2 Å².